The second-order valence-electron chi connectivity index (χ2n) is 8.87. The molecule has 6 rings (SSSR count). The first-order valence-corrected chi connectivity index (χ1v) is 12.1. The molecule has 5 nitrogen and oxygen atoms in total. The average Bonchev–Trinajstić information content (AvgIpc) is 2.99. The maximum Gasteiger partial charge on any atom is 0.211 e. The molecule has 0 aliphatic heterocycles. The predicted octanol–water partition coefficient (Wildman–Crippen LogP) is 3.75. The lowest BCUT2D eigenvalue weighted by molar-refractivity contribution is -0.0268. The van der Waals surface area contributed by atoms with E-state index in [1.54, 1.807) is 0 Å². The van der Waals surface area contributed by atoms with Crippen LogP contribution in [0.4, 0.5) is 0 Å². The monoisotopic (exact) mass is 407 g/mol. The second kappa shape index (κ2) is 6.75. The van der Waals surface area contributed by atoms with E-state index < -0.39 is 10.0 Å². The van der Waals surface area contributed by atoms with Gasteiger partial charge in [-0.3, -0.25) is 0 Å². The highest BCUT2D eigenvalue weighted by atomic mass is 35.5. The summed E-state index contributed by atoms with van der Waals surface area (Å²) >= 11 is 6.00. The Morgan fingerprint density at radius 3 is 2.52 bits per heavy atom. The van der Waals surface area contributed by atoms with Crippen molar-refractivity contribution in [3.8, 4) is 0 Å². The number of imidazole rings is 1. The molecule has 1 aromatic carbocycles. The summed E-state index contributed by atoms with van der Waals surface area (Å²) < 4.78 is 28.1. The molecular weight excluding hydrogens is 382 g/mol. The number of aromatic amines is 1. The molecule has 7 heteroatoms. The van der Waals surface area contributed by atoms with E-state index >= 15 is 0 Å². The third kappa shape index (κ3) is 3.64. The summed E-state index contributed by atoms with van der Waals surface area (Å²) in [6, 6.07) is 5.51. The summed E-state index contributed by atoms with van der Waals surface area (Å²) in [5.41, 5.74) is 1.74. The van der Waals surface area contributed by atoms with Crippen molar-refractivity contribution in [1.29, 1.82) is 0 Å². The first-order chi connectivity index (χ1) is 12.9. The number of aromatic nitrogens is 2. The van der Waals surface area contributed by atoms with Gasteiger partial charge in [-0.25, -0.2) is 18.1 Å². The lowest BCUT2D eigenvalue weighted by Crippen LogP contribution is -2.48. The lowest BCUT2D eigenvalue weighted by atomic mass is 9.52. The fraction of sp³-hybridized carbons (Fsp3) is 0.650. The van der Waals surface area contributed by atoms with Crippen molar-refractivity contribution in [2.75, 3.05) is 12.3 Å². The van der Waals surface area contributed by atoms with Gasteiger partial charge in [-0.05, 0) is 79.9 Å². The third-order valence-electron chi connectivity index (χ3n) is 7.01. The van der Waals surface area contributed by atoms with Gasteiger partial charge in [0.15, 0.2) is 0 Å². The highest BCUT2D eigenvalue weighted by molar-refractivity contribution is 7.89. The Kier molecular flexibility index (Phi) is 4.49. The zero-order valence-corrected chi connectivity index (χ0v) is 16.9. The summed E-state index contributed by atoms with van der Waals surface area (Å²) in [6.07, 6.45) is 6.98. The van der Waals surface area contributed by atoms with Gasteiger partial charge in [0.05, 0.1) is 16.8 Å². The number of hydrogen-bond acceptors (Lipinski definition) is 3. The van der Waals surface area contributed by atoms with Crippen LogP contribution in [0.1, 0.15) is 37.9 Å². The van der Waals surface area contributed by atoms with E-state index in [0.717, 1.165) is 28.7 Å². The van der Waals surface area contributed by atoms with E-state index in [1.807, 2.05) is 18.2 Å². The summed E-state index contributed by atoms with van der Waals surface area (Å²) in [7, 11) is -3.25. The van der Waals surface area contributed by atoms with E-state index in [0.29, 0.717) is 41.5 Å². The molecule has 0 radical (unpaired) electrons. The fourth-order valence-corrected chi connectivity index (χ4v) is 7.85. The van der Waals surface area contributed by atoms with Crippen molar-refractivity contribution in [2.24, 2.45) is 29.6 Å². The predicted molar refractivity (Wildman–Crippen MR) is 107 cm³/mol. The van der Waals surface area contributed by atoms with E-state index in [1.165, 1.54) is 32.1 Å². The van der Waals surface area contributed by atoms with Gasteiger partial charge in [0, 0.05) is 18.0 Å². The van der Waals surface area contributed by atoms with Crippen LogP contribution in [0.15, 0.2) is 18.2 Å². The van der Waals surface area contributed by atoms with Crippen LogP contribution in [0.25, 0.3) is 11.0 Å². The number of fused-ring (bicyclic) bond motifs is 1. The van der Waals surface area contributed by atoms with Gasteiger partial charge in [0.1, 0.15) is 5.82 Å². The molecular formula is C20H26ClN3O2S. The van der Waals surface area contributed by atoms with E-state index in [4.69, 9.17) is 11.6 Å². The smallest absolute Gasteiger partial charge is 0.211 e. The van der Waals surface area contributed by atoms with Crippen LogP contribution < -0.4 is 4.72 Å². The van der Waals surface area contributed by atoms with Gasteiger partial charge in [-0.1, -0.05) is 11.6 Å². The van der Waals surface area contributed by atoms with Gasteiger partial charge in [-0.2, -0.15) is 0 Å². The third-order valence-corrected chi connectivity index (χ3v) is 8.71. The van der Waals surface area contributed by atoms with Crippen molar-refractivity contribution in [3.63, 3.8) is 0 Å². The normalized spacial score (nSPS) is 32.4. The molecule has 4 saturated carbocycles. The quantitative estimate of drug-likeness (QED) is 0.765. The Morgan fingerprint density at radius 1 is 1.11 bits per heavy atom. The molecule has 0 spiro atoms. The standard InChI is InChI=1S/C20H26ClN3O2S/c21-16-1-2-18-19(10-16)24-20(23-18)3-4-22-27(25,26)11-17-14-6-12-5-13(8-14)9-15(17)7-12/h1-2,10,12-15,17,22H,3-9,11H2,(H,23,24). The molecule has 0 atom stereocenters. The minimum Gasteiger partial charge on any atom is -0.342 e. The van der Waals surface area contributed by atoms with Crippen molar-refractivity contribution in [1.82, 2.24) is 14.7 Å². The van der Waals surface area contributed by atoms with Crippen molar-refractivity contribution < 1.29 is 8.42 Å². The van der Waals surface area contributed by atoms with Gasteiger partial charge in [-0.15, -0.1) is 0 Å². The molecule has 1 heterocycles. The maximum absolute atomic E-state index is 12.7. The van der Waals surface area contributed by atoms with Crippen LogP contribution in [0, 0.1) is 29.6 Å². The molecule has 0 unspecified atom stereocenters. The number of halogens is 1. The first kappa shape index (κ1) is 18.0. The van der Waals surface area contributed by atoms with Crippen molar-refractivity contribution in [2.45, 2.75) is 38.5 Å². The molecule has 4 bridgehead atoms. The molecule has 1 aromatic heterocycles. The molecule has 4 fully saturated rings. The Bertz CT molecular complexity index is 927. The highest BCUT2D eigenvalue weighted by Gasteiger charge is 2.49. The number of nitrogens with one attached hydrogen (secondary N) is 2. The van der Waals surface area contributed by atoms with Crippen LogP contribution in [-0.2, 0) is 16.4 Å². The summed E-state index contributed by atoms with van der Waals surface area (Å²) in [5.74, 6) is 4.48. The largest absolute Gasteiger partial charge is 0.342 e. The van der Waals surface area contributed by atoms with Crippen molar-refractivity contribution in [3.05, 3.63) is 29.0 Å². The summed E-state index contributed by atoms with van der Waals surface area (Å²) in [6.45, 7) is 0.378. The second-order valence-corrected chi connectivity index (χ2v) is 11.2. The van der Waals surface area contributed by atoms with E-state index in [9.17, 15) is 8.42 Å². The van der Waals surface area contributed by atoms with Gasteiger partial charge >= 0.3 is 0 Å². The Hall–Kier alpha value is -1.11. The lowest BCUT2D eigenvalue weighted by Gasteiger charge is -2.54. The molecule has 2 aromatic rings. The summed E-state index contributed by atoms with van der Waals surface area (Å²) in [5, 5.41) is 0.661. The Balaban J connectivity index is 1.19. The zero-order chi connectivity index (χ0) is 18.6. The molecule has 27 heavy (non-hydrogen) atoms. The number of H-pyrrole nitrogens is 1. The maximum atomic E-state index is 12.7. The first-order valence-electron chi connectivity index (χ1n) is 10.1. The Labute approximate surface area is 165 Å². The van der Waals surface area contributed by atoms with E-state index in [-0.39, 0.29) is 0 Å². The van der Waals surface area contributed by atoms with Gasteiger partial charge < -0.3 is 4.98 Å². The van der Waals surface area contributed by atoms with E-state index in [2.05, 4.69) is 14.7 Å². The van der Waals surface area contributed by atoms with Crippen LogP contribution in [-0.4, -0.2) is 30.7 Å². The topological polar surface area (TPSA) is 74.8 Å². The number of sulfonamides is 1. The van der Waals surface area contributed by atoms with Crippen LogP contribution in [0.2, 0.25) is 5.02 Å². The molecule has 0 amide bonds. The minimum atomic E-state index is -3.25. The van der Waals surface area contributed by atoms with Crippen LogP contribution in [0.5, 0.6) is 0 Å². The van der Waals surface area contributed by atoms with Gasteiger partial charge in [0.2, 0.25) is 10.0 Å². The average molecular weight is 408 g/mol. The van der Waals surface area contributed by atoms with Crippen molar-refractivity contribution >= 4 is 32.7 Å². The molecule has 2 N–H and O–H groups in total. The fourth-order valence-electron chi connectivity index (χ4n) is 6.10. The van der Waals surface area contributed by atoms with Crippen LogP contribution in [0.3, 0.4) is 0 Å². The number of rotatable bonds is 6. The summed E-state index contributed by atoms with van der Waals surface area (Å²) in [4.78, 5) is 7.72. The number of nitrogens with zero attached hydrogens (tertiary/aromatic N) is 1. The highest BCUT2D eigenvalue weighted by Crippen LogP contribution is 2.56. The number of benzene rings is 1. The molecule has 146 valence electrons. The molecule has 0 saturated heterocycles. The molecule has 4 aliphatic rings. The number of hydrogen-bond donors (Lipinski definition) is 2. The SMILES string of the molecule is O=S(=O)(CC1C2CC3CC(C2)CC1C3)NCCc1nc2ccc(Cl)cc2[nH]1. The molecule has 4 aliphatic carbocycles. The minimum absolute atomic E-state index is 0.303. The van der Waals surface area contributed by atoms with Crippen LogP contribution >= 0.6 is 11.6 Å². The Morgan fingerprint density at radius 2 is 1.81 bits per heavy atom. The van der Waals surface area contributed by atoms with Gasteiger partial charge in [0.25, 0.3) is 0 Å². The zero-order valence-electron chi connectivity index (χ0n) is 15.3.